The first-order valence-electron chi connectivity index (χ1n) is 8.98. The first-order valence-corrected chi connectivity index (χ1v) is 9.73. The SMILES string of the molecule is Cc1cccc(-c2nc(C(=O)Nc3ccccc3F)nn2-c2ccc(Cl)c(Cl)c2)c1. The maximum atomic E-state index is 13.9. The van der Waals surface area contributed by atoms with Gasteiger partial charge in [-0.15, -0.1) is 5.10 Å². The molecule has 0 aliphatic heterocycles. The Balaban J connectivity index is 1.80. The zero-order valence-electron chi connectivity index (χ0n) is 15.7. The molecule has 30 heavy (non-hydrogen) atoms. The van der Waals surface area contributed by atoms with Crippen LogP contribution in [0.5, 0.6) is 0 Å². The maximum Gasteiger partial charge on any atom is 0.295 e. The van der Waals surface area contributed by atoms with Gasteiger partial charge in [-0.1, -0.05) is 59.1 Å². The molecule has 1 N–H and O–H groups in total. The zero-order chi connectivity index (χ0) is 21.3. The van der Waals surface area contributed by atoms with Crippen LogP contribution in [0.1, 0.15) is 16.2 Å². The second-order valence-electron chi connectivity index (χ2n) is 6.57. The number of aryl methyl sites for hydroxylation is 1. The number of hydrogen-bond donors (Lipinski definition) is 1. The predicted molar refractivity (Wildman–Crippen MR) is 116 cm³/mol. The fourth-order valence-electron chi connectivity index (χ4n) is 2.92. The van der Waals surface area contributed by atoms with Crippen molar-refractivity contribution in [1.29, 1.82) is 0 Å². The topological polar surface area (TPSA) is 59.8 Å². The second-order valence-corrected chi connectivity index (χ2v) is 7.39. The predicted octanol–water partition coefficient (Wildman–Crippen LogP) is 5.94. The van der Waals surface area contributed by atoms with Gasteiger partial charge in [0.05, 0.1) is 21.4 Å². The van der Waals surface area contributed by atoms with Gasteiger partial charge in [0.25, 0.3) is 5.91 Å². The van der Waals surface area contributed by atoms with Gasteiger partial charge in [-0.2, -0.15) is 0 Å². The highest BCUT2D eigenvalue weighted by molar-refractivity contribution is 6.42. The van der Waals surface area contributed by atoms with Gasteiger partial charge in [-0.05, 0) is 43.3 Å². The minimum atomic E-state index is -0.632. The van der Waals surface area contributed by atoms with Gasteiger partial charge in [0, 0.05) is 5.56 Å². The molecule has 5 nitrogen and oxygen atoms in total. The van der Waals surface area contributed by atoms with Crippen molar-refractivity contribution in [3.05, 3.63) is 94.0 Å². The van der Waals surface area contributed by atoms with E-state index in [9.17, 15) is 9.18 Å². The molecule has 0 bridgehead atoms. The Bertz CT molecular complexity index is 1260. The molecule has 4 aromatic rings. The lowest BCUT2D eigenvalue weighted by Gasteiger charge is -2.07. The Morgan fingerprint density at radius 3 is 2.53 bits per heavy atom. The molecule has 0 fully saturated rings. The summed E-state index contributed by atoms with van der Waals surface area (Å²) >= 11 is 12.2. The van der Waals surface area contributed by atoms with E-state index in [0.717, 1.165) is 11.1 Å². The number of carbonyl (C=O) groups is 1. The number of halogens is 3. The summed E-state index contributed by atoms with van der Waals surface area (Å²) < 4.78 is 15.4. The van der Waals surface area contributed by atoms with Crippen LogP contribution in [0, 0.1) is 12.7 Å². The Morgan fingerprint density at radius 1 is 1.00 bits per heavy atom. The van der Waals surface area contributed by atoms with E-state index in [2.05, 4.69) is 15.4 Å². The van der Waals surface area contributed by atoms with Gasteiger partial charge in [0.15, 0.2) is 5.82 Å². The summed E-state index contributed by atoms with van der Waals surface area (Å²) in [6, 6.07) is 18.5. The van der Waals surface area contributed by atoms with Gasteiger partial charge in [0.2, 0.25) is 5.82 Å². The van der Waals surface area contributed by atoms with Crippen LogP contribution in [-0.4, -0.2) is 20.7 Å². The van der Waals surface area contributed by atoms with Crippen molar-refractivity contribution in [3.63, 3.8) is 0 Å². The second kappa shape index (κ2) is 8.26. The lowest BCUT2D eigenvalue weighted by molar-refractivity contribution is 0.101. The Labute approximate surface area is 182 Å². The molecule has 0 saturated carbocycles. The van der Waals surface area contributed by atoms with E-state index in [1.807, 2.05) is 31.2 Å². The minimum Gasteiger partial charge on any atom is -0.317 e. The molecule has 0 atom stereocenters. The highest BCUT2D eigenvalue weighted by atomic mass is 35.5. The van der Waals surface area contributed by atoms with Crippen molar-refractivity contribution in [2.45, 2.75) is 6.92 Å². The number of rotatable bonds is 4. The standard InChI is InChI=1S/C22H15Cl2FN4O/c1-13-5-4-6-14(11-13)21-27-20(22(30)26-19-8-3-2-7-18(19)25)28-29(21)15-9-10-16(23)17(24)12-15/h2-12H,1H3,(H,26,30). The van der Waals surface area contributed by atoms with Crippen molar-refractivity contribution >= 4 is 34.8 Å². The molecule has 0 saturated heterocycles. The maximum absolute atomic E-state index is 13.9. The molecule has 8 heteroatoms. The quantitative estimate of drug-likeness (QED) is 0.426. The first-order chi connectivity index (χ1) is 14.4. The van der Waals surface area contributed by atoms with Crippen molar-refractivity contribution in [1.82, 2.24) is 14.8 Å². The van der Waals surface area contributed by atoms with E-state index in [1.165, 1.54) is 22.9 Å². The molecule has 1 heterocycles. The summed E-state index contributed by atoms with van der Waals surface area (Å²) in [7, 11) is 0. The number of anilines is 1. The van der Waals surface area contributed by atoms with E-state index in [1.54, 1.807) is 24.3 Å². The lowest BCUT2D eigenvalue weighted by Crippen LogP contribution is -2.15. The van der Waals surface area contributed by atoms with E-state index in [4.69, 9.17) is 23.2 Å². The molecule has 4 rings (SSSR count). The molecule has 0 aliphatic carbocycles. The molecule has 0 radical (unpaired) electrons. The normalized spacial score (nSPS) is 10.8. The Morgan fingerprint density at radius 2 is 1.80 bits per heavy atom. The Kier molecular flexibility index (Phi) is 5.53. The fourth-order valence-corrected chi connectivity index (χ4v) is 3.21. The summed E-state index contributed by atoms with van der Waals surface area (Å²) in [4.78, 5) is 17.1. The molecular weight excluding hydrogens is 426 g/mol. The fraction of sp³-hybridized carbons (Fsp3) is 0.0455. The van der Waals surface area contributed by atoms with Crippen LogP contribution in [0.4, 0.5) is 10.1 Å². The largest absolute Gasteiger partial charge is 0.317 e. The van der Waals surface area contributed by atoms with Crippen molar-refractivity contribution < 1.29 is 9.18 Å². The van der Waals surface area contributed by atoms with E-state index in [-0.39, 0.29) is 11.5 Å². The van der Waals surface area contributed by atoms with Crippen molar-refractivity contribution in [3.8, 4) is 17.1 Å². The van der Waals surface area contributed by atoms with E-state index < -0.39 is 11.7 Å². The van der Waals surface area contributed by atoms with Gasteiger partial charge < -0.3 is 5.32 Å². The molecule has 1 aromatic heterocycles. The van der Waals surface area contributed by atoms with E-state index in [0.29, 0.717) is 21.6 Å². The minimum absolute atomic E-state index is 0.0468. The molecule has 0 aliphatic rings. The molecular formula is C22H15Cl2FN4O. The number of carbonyl (C=O) groups excluding carboxylic acids is 1. The van der Waals surface area contributed by atoms with Crippen LogP contribution < -0.4 is 5.32 Å². The number of para-hydroxylation sites is 1. The third kappa shape index (κ3) is 4.06. The first kappa shape index (κ1) is 20.1. The van der Waals surface area contributed by atoms with Crippen LogP contribution in [-0.2, 0) is 0 Å². The number of benzene rings is 3. The average Bonchev–Trinajstić information content (AvgIpc) is 3.17. The molecule has 1 amide bonds. The monoisotopic (exact) mass is 440 g/mol. The molecule has 0 unspecified atom stereocenters. The van der Waals surface area contributed by atoms with Crippen molar-refractivity contribution in [2.24, 2.45) is 0 Å². The van der Waals surface area contributed by atoms with Crippen LogP contribution >= 0.6 is 23.2 Å². The zero-order valence-corrected chi connectivity index (χ0v) is 17.2. The smallest absolute Gasteiger partial charge is 0.295 e. The van der Waals surface area contributed by atoms with Crippen LogP contribution in [0.2, 0.25) is 10.0 Å². The lowest BCUT2D eigenvalue weighted by atomic mass is 10.1. The van der Waals surface area contributed by atoms with Gasteiger partial charge >= 0.3 is 0 Å². The summed E-state index contributed by atoms with van der Waals surface area (Å²) in [5.74, 6) is -0.849. The number of nitrogens with zero attached hydrogens (tertiary/aromatic N) is 3. The van der Waals surface area contributed by atoms with Crippen molar-refractivity contribution in [2.75, 3.05) is 5.32 Å². The Hall–Kier alpha value is -3.22. The van der Waals surface area contributed by atoms with Crippen LogP contribution in [0.25, 0.3) is 17.1 Å². The van der Waals surface area contributed by atoms with Crippen LogP contribution in [0.15, 0.2) is 66.7 Å². The van der Waals surface area contributed by atoms with Crippen LogP contribution in [0.3, 0.4) is 0 Å². The van der Waals surface area contributed by atoms with Gasteiger partial charge in [0.1, 0.15) is 5.82 Å². The summed E-state index contributed by atoms with van der Waals surface area (Å²) in [5.41, 5.74) is 2.41. The number of hydrogen-bond acceptors (Lipinski definition) is 3. The van der Waals surface area contributed by atoms with E-state index >= 15 is 0 Å². The highest BCUT2D eigenvalue weighted by Crippen LogP contribution is 2.28. The highest BCUT2D eigenvalue weighted by Gasteiger charge is 2.20. The number of amides is 1. The number of nitrogens with one attached hydrogen (secondary N) is 1. The van der Waals surface area contributed by atoms with Gasteiger partial charge in [-0.25, -0.2) is 14.1 Å². The summed E-state index contributed by atoms with van der Waals surface area (Å²) in [6.07, 6.45) is 0. The van der Waals surface area contributed by atoms with Gasteiger partial charge in [-0.3, -0.25) is 4.79 Å². The summed E-state index contributed by atoms with van der Waals surface area (Å²) in [6.45, 7) is 1.95. The molecule has 150 valence electrons. The molecule has 3 aromatic carbocycles. The molecule has 0 spiro atoms. The third-order valence-corrected chi connectivity index (χ3v) is 5.10. The number of aromatic nitrogens is 3. The summed E-state index contributed by atoms with van der Waals surface area (Å²) in [5, 5.41) is 7.60. The average molecular weight is 441 g/mol. The third-order valence-electron chi connectivity index (χ3n) is 4.36.